The van der Waals surface area contributed by atoms with Crippen LogP contribution in [0.15, 0.2) is 11.6 Å². The van der Waals surface area contributed by atoms with Crippen LogP contribution in [0.3, 0.4) is 0 Å². The van der Waals surface area contributed by atoms with Crippen LogP contribution in [-0.4, -0.2) is 34.0 Å². The Kier molecular flexibility index (Phi) is 5.35. The van der Waals surface area contributed by atoms with E-state index in [4.69, 9.17) is 9.47 Å². The molecule has 1 aliphatic heterocycles. The van der Waals surface area contributed by atoms with Gasteiger partial charge in [-0.05, 0) is 80.6 Å². The van der Waals surface area contributed by atoms with Gasteiger partial charge in [-0.3, -0.25) is 14.4 Å². The summed E-state index contributed by atoms with van der Waals surface area (Å²) >= 11 is 1.51. The average Bonchev–Trinajstić information content (AvgIpc) is 3.22. The fraction of sp³-hybridized carbons (Fsp3) is 0.808. The van der Waals surface area contributed by atoms with Crippen LogP contribution in [0.5, 0.6) is 0 Å². The number of carbonyl (C=O) groups is 3. The topological polar surface area (TPSA) is 69.7 Å². The highest BCUT2D eigenvalue weighted by atomic mass is 32.2. The minimum atomic E-state index is -0.296. The zero-order valence-corrected chi connectivity index (χ0v) is 20.6. The van der Waals surface area contributed by atoms with Crippen molar-refractivity contribution < 1.29 is 23.9 Å². The molecule has 0 amide bonds. The van der Waals surface area contributed by atoms with Gasteiger partial charge in [0.05, 0.1) is 0 Å². The summed E-state index contributed by atoms with van der Waals surface area (Å²) in [5.74, 6) is 1.19. The Bertz CT molecular complexity index is 881. The molecule has 5 rings (SSSR count). The molecular formula is C26H36O5S. The molecule has 1 heterocycles. The van der Waals surface area contributed by atoms with Crippen molar-refractivity contribution in [2.45, 2.75) is 102 Å². The molecule has 0 bridgehead atoms. The molecular weight excluding hydrogens is 424 g/mol. The lowest BCUT2D eigenvalue weighted by Gasteiger charge is -2.61. The predicted octanol–water partition coefficient (Wildman–Crippen LogP) is 5.21. The fourth-order valence-corrected chi connectivity index (χ4v) is 9.80. The van der Waals surface area contributed by atoms with Gasteiger partial charge in [0.1, 0.15) is 11.7 Å². The standard InChI is InChI=1S/C26H36O5S/c1-15(27)30-18-5-9-24(3)17(13-18)14-21(32-16(2)28)23-19(24)6-10-25(4)20(23)7-11-26(25)12-8-22(29)31-26/h13,18-21,23H,5-12,14H2,1-4H3/t18-,19-,20-,21+,23-,24-,25-,26+/m0/s1. The quantitative estimate of drug-likeness (QED) is 0.416. The lowest BCUT2D eigenvalue weighted by atomic mass is 9.46. The predicted molar refractivity (Wildman–Crippen MR) is 123 cm³/mol. The van der Waals surface area contributed by atoms with Gasteiger partial charge >= 0.3 is 11.9 Å². The van der Waals surface area contributed by atoms with Gasteiger partial charge in [-0.15, -0.1) is 0 Å². The molecule has 0 unspecified atom stereocenters. The second-order valence-electron chi connectivity index (χ2n) is 11.4. The minimum Gasteiger partial charge on any atom is -0.458 e. The van der Waals surface area contributed by atoms with Crippen LogP contribution in [0.1, 0.15) is 85.5 Å². The van der Waals surface area contributed by atoms with Gasteiger partial charge in [0.25, 0.3) is 0 Å². The van der Waals surface area contributed by atoms with Crippen molar-refractivity contribution in [3.05, 3.63) is 11.6 Å². The molecule has 0 N–H and O–H groups in total. The molecule has 0 radical (unpaired) electrons. The molecule has 6 heteroatoms. The first-order valence-corrected chi connectivity index (χ1v) is 13.2. The second-order valence-corrected chi connectivity index (χ2v) is 12.8. The van der Waals surface area contributed by atoms with Crippen LogP contribution < -0.4 is 0 Å². The van der Waals surface area contributed by atoms with Crippen molar-refractivity contribution in [2.75, 3.05) is 0 Å². The van der Waals surface area contributed by atoms with E-state index in [0.29, 0.717) is 24.2 Å². The molecule has 8 atom stereocenters. The number of thioether (sulfide) groups is 1. The molecule has 0 aromatic heterocycles. The highest BCUT2D eigenvalue weighted by molar-refractivity contribution is 8.14. The van der Waals surface area contributed by atoms with Gasteiger partial charge < -0.3 is 9.47 Å². The third-order valence-electron chi connectivity index (χ3n) is 10.0. The number of esters is 2. The van der Waals surface area contributed by atoms with E-state index in [2.05, 4.69) is 19.9 Å². The molecule has 1 saturated heterocycles. The molecule has 4 aliphatic carbocycles. The highest BCUT2D eigenvalue weighted by Gasteiger charge is 2.68. The first-order chi connectivity index (χ1) is 15.1. The normalized spacial score (nSPS) is 47.2. The summed E-state index contributed by atoms with van der Waals surface area (Å²) in [6.45, 7) is 7.95. The maximum Gasteiger partial charge on any atom is 0.306 e. The van der Waals surface area contributed by atoms with E-state index in [0.717, 1.165) is 51.4 Å². The Morgan fingerprint density at radius 3 is 2.47 bits per heavy atom. The van der Waals surface area contributed by atoms with E-state index < -0.39 is 0 Å². The van der Waals surface area contributed by atoms with Crippen LogP contribution in [0.4, 0.5) is 0 Å². The molecule has 0 aromatic carbocycles. The summed E-state index contributed by atoms with van der Waals surface area (Å²) in [4.78, 5) is 36.0. The Labute approximate surface area is 195 Å². The van der Waals surface area contributed by atoms with E-state index in [1.165, 1.54) is 24.3 Å². The van der Waals surface area contributed by atoms with Crippen molar-refractivity contribution >= 4 is 28.8 Å². The number of ether oxygens (including phenoxy) is 2. The van der Waals surface area contributed by atoms with Gasteiger partial charge in [-0.25, -0.2) is 0 Å². The third kappa shape index (κ3) is 3.22. The Hall–Kier alpha value is -1.30. The van der Waals surface area contributed by atoms with Crippen molar-refractivity contribution in [1.82, 2.24) is 0 Å². The molecule has 4 fully saturated rings. The summed E-state index contributed by atoms with van der Waals surface area (Å²) in [6, 6.07) is 0. The Balaban J connectivity index is 1.51. The first-order valence-electron chi connectivity index (χ1n) is 12.4. The SMILES string of the molecule is CC(=O)O[C@@H]1C=C2C[C@@H](SC(C)=O)[C@H]3[C@H](CC[C@@]4(C)[C@H]3CC[C@@]43CCC(=O)O3)[C@@]2(C)CC1. The molecule has 5 nitrogen and oxygen atoms in total. The van der Waals surface area contributed by atoms with Crippen molar-refractivity contribution in [2.24, 2.45) is 28.6 Å². The summed E-state index contributed by atoms with van der Waals surface area (Å²) in [5.41, 5.74) is 1.19. The lowest BCUT2D eigenvalue weighted by molar-refractivity contribution is -0.167. The molecule has 3 saturated carbocycles. The third-order valence-corrected chi connectivity index (χ3v) is 11.2. The van der Waals surface area contributed by atoms with E-state index in [9.17, 15) is 14.4 Å². The summed E-state index contributed by atoms with van der Waals surface area (Å²) in [7, 11) is 0. The maximum atomic E-state index is 12.3. The minimum absolute atomic E-state index is 0.00243. The molecule has 0 aromatic rings. The number of hydrogen-bond acceptors (Lipinski definition) is 6. The van der Waals surface area contributed by atoms with Crippen LogP contribution >= 0.6 is 11.8 Å². The van der Waals surface area contributed by atoms with Crippen molar-refractivity contribution in [3.8, 4) is 0 Å². The summed E-state index contributed by atoms with van der Waals surface area (Å²) in [5, 5.41) is 0.419. The smallest absolute Gasteiger partial charge is 0.306 e. The molecule has 1 spiro atoms. The lowest BCUT2D eigenvalue weighted by Crippen LogP contribution is -2.58. The average molecular weight is 461 g/mol. The van der Waals surface area contributed by atoms with E-state index in [1.54, 1.807) is 6.92 Å². The second kappa shape index (κ2) is 7.61. The summed E-state index contributed by atoms with van der Waals surface area (Å²) in [6.07, 6.45) is 10.5. The van der Waals surface area contributed by atoms with E-state index in [1.807, 2.05) is 0 Å². The van der Waals surface area contributed by atoms with Gasteiger partial charge in [0.15, 0.2) is 5.12 Å². The Morgan fingerprint density at radius 1 is 1.06 bits per heavy atom. The van der Waals surface area contributed by atoms with Crippen molar-refractivity contribution in [3.63, 3.8) is 0 Å². The van der Waals surface area contributed by atoms with Crippen molar-refractivity contribution in [1.29, 1.82) is 0 Å². The van der Waals surface area contributed by atoms with Gasteiger partial charge in [0.2, 0.25) is 0 Å². The molecule has 32 heavy (non-hydrogen) atoms. The number of rotatable bonds is 2. The van der Waals surface area contributed by atoms with Crippen LogP contribution in [0.2, 0.25) is 0 Å². The van der Waals surface area contributed by atoms with Gasteiger partial charge in [0, 0.05) is 30.9 Å². The first kappa shape index (κ1) is 22.5. The van der Waals surface area contributed by atoms with Gasteiger partial charge in [-0.2, -0.15) is 0 Å². The van der Waals surface area contributed by atoms with Crippen LogP contribution in [0, 0.1) is 28.6 Å². The monoisotopic (exact) mass is 460 g/mol. The molecule has 176 valence electrons. The number of carbonyl (C=O) groups excluding carboxylic acids is 3. The number of fused-ring (bicyclic) bond motifs is 6. The van der Waals surface area contributed by atoms with Gasteiger partial charge in [-0.1, -0.05) is 31.2 Å². The zero-order chi connectivity index (χ0) is 22.9. The number of allylic oxidation sites excluding steroid dienone is 1. The maximum absolute atomic E-state index is 12.3. The van der Waals surface area contributed by atoms with Crippen LogP contribution in [0.25, 0.3) is 0 Å². The highest BCUT2D eigenvalue weighted by Crippen LogP contribution is 2.70. The van der Waals surface area contributed by atoms with Crippen LogP contribution in [-0.2, 0) is 23.9 Å². The molecule has 5 aliphatic rings. The van der Waals surface area contributed by atoms with E-state index in [-0.39, 0.29) is 44.8 Å². The van der Waals surface area contributed by atoms with E-state index >= 15 is 0 Å². The zero-order valence-electron chi connectivity index (χ0n) is 19.8. The largest absolute Gasteiger partial charge is 0.458 e. The summed E-state index contributed by atoms with van der Waals surface area (Å²) < 4.78 is 11.6. The fourth-order valence-electron chi connectivity index (χ4n) is 8.57. The Morgan fingerprint density at radius 2 is 1.81 bits per heavy atom. The number of hydrogen-bond donors (Lipinski definition) is 0.